The Hall–Kier alpha value is -2.66. The number of anilines is 1. The molecule has 2 N–H and O–H groups in total. The minimum atomic E-state index is -0.0838. The number of benzene rings is 2. The molecule has 4 nitrogen and oxygen atoms in total. The lowest BCUT2D eigenvalue weighted by Gasteiger charge is -2.09. The number of hydrogen-bond donors (Lipinski definition) is 2. The first-order chi connectivity index (χ1) is 11.7. The van der Waals surface area contributed by atoms with E-state index in [1.807, 2.05) is 53.9 Å². The Bertz CT molecular complexity index is 838. The Labute approximate surface area is 144 Å². The van der Waals surface area contributed by atoms with E-state index in [0.29, 0.717) is 24.3 Å². The summed E-state index contributed by atoms with van der Waals surface area (Å²) >= 11 is 1.41. The summed E-state index contributed by atoms with van der Waals surface area (Å²) in [5, 5.41) is 9.77. The molecule has 0 saturated heterocycles. The van der Waals surface area contributed by atoms with E-state index in [9.17, 15) is 9.59 Å². The summed E-state index contributed by atoms with van der Waals surface area (Å²) in [6.45, 7) is 0.486. The second-order valence-electron chi connectivity index (χ2n) is 5.41. The van der Waals surface area contributed by atoms with Gasteiger partial charge in [-0.05, 0) is 29.3 Å². The van der Waals surface area contributed by atoms with Crippen molar-refractivity contribution in [3.05, 3.63) is 64.9 Å². The highest BCUT2D eigenvalue weighted by atomic mass is 32.1. The van der Waals surface area contributed by atoms with Crippen LogP contribution < -0.4 is 10.6 Å². The molecule has 2 amide bonds. The van der Waals surface area contributed by atoms with Gasteiger partial charge in [0.15, 0.2) is 0 Å². The fourth-order valence-corrected chi connectivity index (χ4v) is 3.13. The molecule has 0 aliphatic heterocycles. The molecule has 1 heterocycles. The fraction of sp³-hybridized carbons (Fsp3) is 0.158. The lowest BCUT2D eigenvalue weighted by Crippen LogP contribution is -2.24. The van der Waals surface area contributed by atoms with Gasteiger partial charge >= 0.3 is 0 Å². The zero-order valence-corrected chi connectivity index (χ0v) is 13.9. The lowest BCUT2D eigenvalue weighted by molar-refractivity contribution is -0.116. The van der Waals surface area contributed by atoms with Crippen molar-refractivity contribution in [1.29, 1.82) is 0 Å². The first kappa shape index (κ1) is 16.2. The zero-order valence-electron chi connectivity index (χ0n) is 13.1. The molecule has 24 heavy (non-hydrogen) atoms. The molecule has 0 atom stereocenters. The maximum absolute atomic E-state index is 12.1. The summed E-state index contributed by atoms with van der Waals surface area (Å²) in [6.07, 6.45) is 0.974. The van der Waals surface area contributed by atoms with Gasteiger partial charge in [-0.1, -0.05) is 42.5 Å². The molecule has 0 saturated carbocycles. The number of fused-ring (bicyclic) bond motifs is 1. The number of carbonyl (C=O) groups is 2. The molecule has 5 heteroatoms. The number of hydrogen-bond acceptors (Lipinski definition) is 3. The Balaban J connectivity index is 1.48. The van der Waals surface area contributed by atoms with Crippen molar-refractivity contribution in [2.45, 2.75) is 12.8 Å². The maximum atomic E-state index is 12.1. The summed E-state index contributed by atoms with van der Waals surface area (Å²) in [6, 6.07) is 17.4. The van der Waals surface area contributed by atoms with E-state index in [0.717, 1.165) is 16.5 Å². The number of amides is 2. The molecule has 0 radical (unpaired) electrons. The Morgan fingerprint density at radius 1 is 0.958 bits per heavy atom. The standard InChI is InChI=1S/C19H18N2O2S/c22-18(11-4-12-20-19(23)17-10-5-13-24-17)21-16-9-3-7-14-6-1-2-8-15(14)16/h1-3,5-10,13H,4,11-12H2,(H,20,23)(H,21,22). The molecular formula is C19H18N2O2S. The van der Waals surface area contributed by atoms with Gasteiger partial charge in [-0.25, -0.2) is 0 Å². The van der Waals surface area contributed by atoms with Gasteiger partial charge in [0.05, 0.1) is 4.88 Å². The largest absolute Gasteiger partial charge is 0.351 e. The van der Waals surface area contributed by atoms with E-state index in [4.69, 9.17) is 0 Å². The monoisotopic (exact) mass is 338 g/mol. The minimum Gasteiger partial charge on any atom is -0.351 e. The molecule has 0 bridgehead atoms. The van der Waals surface area contributed by atoms with Crippen molar-refractivity contribution in [2.24, 2.45) is 0 Å². The number of rotatable bonds is 6. The topological polar surface area (TPSA) is 58.2 Å². The van der Waals surface area contributed by atoms with Crippen LogP contribution in [0.25, 0.3) is 10.8 Å². The summed E-state index contributed by atoms with van der Waals surface area (Å²) in [5.74, 6) is -0.129. The van der Waals surface area contributed by atoms with Crippen LogP contribution in [0.3, 0.4) is 0 Å². The molecule has 1 aromatic heterocycles. The quantitative estimate of drug-likeness (QED) is 0.666. The number of carbonyl (C=O) groups excluding carboxylic acids is 2. The van der Waals surface area contributed by atoms with Gasteiger partial charge in [-0.2, -0.15) is 0 Å². The van der Waals surface area contributed by atoms with Crippen LogP contribution in [0.4, 0.5) is 5.69 Å². The molecule has 0 unspecified atom stereocenters. The highest BCUT2D eigenvalue weighted by Crippen LogP contribution is 2.23. The molecule has 2 aromatic carbocycles. The molecule has 0 aliphatic carbocycles. The summed E-state index contributed by atoms with van der Waals surface area (Å²) in [7, 11) is 0. The van der Waals surface area contributed by atoms with Crippen molar-refractivity contribution in [1.82, 2.24) is 5.32 Å². The fourth-order valence-electron chi connectivity index (χ4n) is 2.49. The zero-order chi connectivity index (χ0) is 16.8. The smallest absolute Gasteiger partial charge is 0.261 e. The van der Waals surface area contributed by atoms with Crippen LogP contribution in [0, 0.1) is 0 Å². The van der Waals surface area contributed by atoms with Crippen molar-refractivity contribution >= 4 is 39.6 Å². The van der Waals surface area contributed by atoms with Crippen LogP contribution >= 0.6 is 11.3 Å². The van der Waals surface area contributed by atoms with E-state index >= 15 is 0 Å². The van der Waals surface area contributed by atoms with Crippen molar-refractivity contribution in [3.63, 3.8) is 0 Å². The van der Waals surface area contributed by atoms with Crippen LogP contribution in [-0.2, 0) is 4.79 Å². The molecular weight excluding hydrogens is 320 g/mol. The SMILES string of the molecule is O=C(CCCNC(=O)c1cccs1)Nc1cccc2ccccc12. The van der Waals surface area contributed by atoms with Crippen molar-refractivity contribution in [3.8, 4) is 0 Å². The normalized spacial score (nSPS) is 10.5. The first-order valence-corrected chi connectivity index (χ1v) is 8.71. The van der Waals surface area contributed by atoms with Crippen molar-refractivity contribution < 1.29 is 9.59 Å². The molecule has 3 aromatic rings. The van der Waals surface area contributed by atoms with E-state index in [1.54, 1.807) is 6.07 Å². The van der Waals surface area contributed by atoms with Gasteiger partial charge in [-0.3, -0.25) is 9.59 Å². The van der Waals surface area contributed by atoms with Gasteiger partial charge in [-0.15, -0.1) is 11.3 Å². The lowest BCUT2D eigenvalue weighted by atomic mass is 10.1. The summed E-state index contributed by atoms with van der Waals surface area (Å²) < 4.78 is 0. The highest BCUT2D eigenvalue weighted by Gasteiger charge is 2.07. The van der Waals surface area contributed by atoms with Gasteiger partial charge in [0, 0.05) is 24.0 Å². The molecule has 122 valence electrons. The molecule has 3 rings (SSSR count). The second-order valence-corrected chi connectivity index (χ2v) is 6.36. The third kappa shape index (κ3) is 4.00. The molecule has 0 aliphatic rings. The predicted molar refractivity (Wildman–Crippen MR) is 98.5 cm³/mol. The van der Waals surface area contributed by atoms with Gasteiger partial charge in [0.2, 0.25) is 5.91 Å². The van der Waals surface area contributed by atoms with E-state index in [1.165, 1.54) is 11.3 Å². The van der Waals surface area contributed by atoms with Crippen LogP contribution in [0.5, 0.6) is 0 Å². The summed E-state index contributed by atoms with van der Waals surface area (Å²) in [5.41, 5.74) is 0.820. The maximum Gasteiger partial charge on any atom is 0.261 e. The Morgan fingerprint density at radius 3 is 2.62 bits per heavy atom. The third-order valence-electron chi connectivity index (χ3n) is 3.67. The second kappa shape index (κ2) is 7.75. The average molecular weight is 338 g/mol. The predicted octanol–water partition coefficient (Wildman–Crippen LogP) is 4.05. The van der Waals surface area contributed by atoms with E-state index in [-0.39, 0.29) is 11.8 Å². The van der Waals surface area contributed by atoms with Gasteiger partial charge in [0.25, 0.3) is 5.91 Å². The first-order valence-electron chi connectivity index (χ1n) is 7.83. The summed E-state index contributed by atoms with van der Waals surface area (Å²) in [4.78, 5) is 24.6. The van der Waals surface area contributed by atoms with Crippen molar-refractivity contribution in [2.75, 3.05) is 11.9 Å². The third-order valence-corrected chi connectivity index (χ3v) is 4.54. The number of thiophene rings is 1. The van der Waals surface area contributed by atoms with E-state index < -0.39 is 0 Å². The van der Waals surface area contributed by atoms with Crippen LogP contribution in [-0.4, -0.2) is 18.4 Å². The van der Waals surface area contributed by atoms with Crippen LogP contribution in [0.1, 0.15) is 22.5 Å². The molecule has 0 fully saturated rings. The van der Waals surface area contributed by atoms with Crippen LogP contribution in [0.15, 0.2) is 60.0 Å². The average Bonchev–Trinajstić information content (AvgIpc) is 3.14. The van der Waals surface area contributed by atoms with E-state index in [2.05, 4.69) is 10.6 Å². The van der Waals surface area contributed by atoms with Crippen LogP contribution in [0.2, 0.25) is 0 Å². The minimum absolute atomic E-state index is 0.0447. The Kier molecular flexibility index (Phi) is 5.23. The highest BCUT2D eigenvalue weighted by molar-refractivity contribution is 7.12. The number of nitrogens with one attached hydrogen (secondary N) is 2. The Morgan fingerprint density at radius 2 is 1.79 bits per heavy atom. The van der Waals surface area contributed by atoms with Gasteiger partial charge < -0.3 is 10.6 Å². The molecule has 0 spiro atoms. The van der Waals surface area contributed by atoms with Gasteiger partial charge in [0.1, 0.15) is 0 Å².